The van der Waals surface area contributed by atoms with E-state index in [4.69, 9.17) is 0 Å². The second kappa shape index (κ2) is 7.31. The molecule has 0 aliphatic carbocycles. The molecule has 136 valence electrons. The van der Waals surface area contributed by atoms with Gasteiger partial charge < -0.3 is 10.6 Å². The van der Waals surface area contributed by atoms with Crippen molar-refractivity contribution < 1.29 is 14.0 Å². The Morgan fingerprint density at radius 3 is 2.76 bits per heavy atom. The SMILES string of the molecule is CC1(C)SCC(C(=O)NCC2CNNC2c2ccc(F)cc2)NC1=O. The number of nitrogens with one attached hydrogen (secondary N) is 4. The highest BCUT2D eigenvalue weighted by Gasteiger charge is 2.38. The van der Waals surface area contributed by atoms with Gasteiger partial charge >= 0.3 is 0 Å². The van der Waals surface area contributed by atoms with E-state index in [9.17, 15) is 14.0 Å². The van der Waals surface area contributed by atoms with Crippen molar-refractivity contribution in [2.75, 3.05) is 18.8 Å². The van der Waals surface area contributed by atoms with Crippen molar-refractivity contribution in [1.82, 2.24) is 21.5 Å². The van der Waals surface area contributed by atoms with Crippen molar-refractivity contribution in [3.05, 3.63) is 35.6 Å². The molecule has 2 amide bonds. The summed E-state index contributed by atoms with van der Waals surface area (Å²) >= 11 is 1.49. The van der Waals surface area contributed by atoms with Crippen molar-refractivity contribution in [3.63, 3.8) is 0 Å². The quantitative estimate of drug-likeness (QED) is 0.631. The third-order valence-electron chi connectivity index (χ3n) is 4.64. The topological polar surface area (TPSA) is 82.3 Å². The molecule has 2 heterocycles. The van der Waals surface area contributed by atoms with Crippen LogP contribution in [0.25, 0.3) is 0 Å². The number of amides is 2. The lowest BCUT2D eigenvalue weighted by Crippen LogP contribution is -2.57. The van der Waals surface area contributed by atoms with Crippen molar-refractivity contribution in [2.45, 2.75) is 30.7 Å². The first-order valence-corrected chi connectivity index (χ1v) is 9.32. The molecule has 3 rings (SSSR count). The summed E-state index contributed by atoms with van der Waals surface area (Å²) in [6.45, 7) is 4.87. The number of carbonyl (C=O) groups is 2. The Bertz CT molecular complexity index is 653. The van der Waals surface area contributed by atoms with Crippen molar-refractivity contribution in [2.24, 2.45) is 5.92 Å². The fourth-order valence-electron chi connectivity index (χ4n) is 2.98. The van der Waals surface area contributed by atoms with Crippen molar-refractivity contribution >= 4 is 23.6 Å². The Kier molecular flexibility index (Phi) is 5.31. The van der Waals surface area contributed by atoms with Gasteiger partial charge in [-0.25, -0.2) is 9.82 Å². The molecule has 2 saturated heterocycles. The van der Waals surface area contributed by atoms with Crippen LogP contribution in [0.1, 0.15) is 25.5 Å². The minimum Gasteiger partial charge on any atom is -0.354 e. The molecule has 2 fully saturated rings. The van der Waals surface area contributed by atoms with Crippen molar-refractivity contribution in [3.8, 4) is 0 Å². The summed E-state index contributed by atoms with van der Waals surface area (Å²) < 4.78 is 12.6. The lowest BCUT2D eigenvalue weighted by Gasteiger charge is -2.33. The highest BCUT2D eigenvalue weighted by molar-refractivity contribution is 8.01. The average molecular weight is 366 g/mol. The molecule has 2 aliphatic heterocycles. The van der Waals surface area contributed by atoms with Crippen LogP contribution < -0.4 is 21.5 Å². The summed E-state index contributed by atoms with van der Waals surface area (Å²) in [5.74, 6) is 0.150. The van der Waals surface area contributed by atoms with Crippen LogP contribution in [0.15, 0.2) is 24.3 Å². The van der Waals surface area contributed by atoms with Crippen LogP contribution in [0.3, 0.4) is 0 Å². The van der Waals surface area contributed by atoms with Gasteiger partial charge in [-0.2, -0.15) is 0 Å². The van der Waals surface area contributed by atoms with E-state index in [0.717, 1.165) is 5.56 Å². The molecule has 6 nitrogen and oxygen atoms in total. The number of thioether (sulfide) groups is 1. The van der Waals surface area contributed by atoms with Crippen LogP contribution in [0.5, 0.6) is 0 Å². The van der Waals surface area contributed by atoms with Crippen LogP contribution in [0.4, 0.5) is 4.39 Å². The van der Waals surface area contributed by atoms with Crippen LogP contribution in [0.2, 0.25) is 0 Å². The molecule has 0 aromatic heterocycles. The minimum atomic E-state index is -0.503. The average Bonchev–Trinajstić information content (AvgIpc) is 3.04. The summed E-state index contributed by atoms with van der Waals surface area (Å²) in [6.07, 6.45) is 0. The Labute approximate surface area is 150 Å². The van der Waals surface area contributed by atoms with Crippen LogP contribution in [-0.4, -0.2) is 41.4 Å². The number of carbonyl (C=O) groups excluding carboxylic acids is 2. The van der Waals surface area contributed by atoms with Crippen LogP contribution in [0, 0.1) is 11.7 Å². The second-order valence-electron chi connectivity index (χ2n) is 6.91. The summed E-state index contributed by atoms with van der Waals surface area (Å²) in [7, 11) is 0. The Morgan fingerprint density at radius 2 is 2.08 bits per heavy atom. The Hall–Kier alpha value is -1.64. The van der Waals surface area contributed by atoms with E-state index in [1.54, 1.807) is 12.1 Å². The summed E-state index contributed by atoms with van der Waals surface area (Å²) in [5.41, 5.74) is 7.22. The maximum Gasteiger partial charge on any atom is 0.243 e. The van der Waals surface area contributed by atoms with Gasteiger partial charge in [-0.3, -0.25) is 15.0 Å². The summed E-state index contributed by atoms with van der Waals surface area (Å²) in [5, 5.41) is 5.72. The molecule has 0 saturated carbocycles. The number of hydrazine groups is 1. The first kappa shape index (κ1) is 18.2. The molecule has 1 aromatic carbocycles. The predicted octanol–water partition coefficient (Wildman–Crippen LogP) is 0.717. The molecular weight excluding hydrogens is 343 g/mol. The van der Waals surface area contributed by atoms with Gasteiger partial charge in [-0.05, 0) is 31.5 Å². The van der Waals surface area contributed by atoms with Gasteiger partial charge in [0.1, 0.15) is 11.9 Å². The highest BCUT2D eigenvalue weighted by atomic mass is 32.2. The number of hydrogen-bond donors (Lipinski definition) is 4. The number of halogens is 1. The third-order valence-corrected chi connectivity index (χ3v) is 6.05. The van der Waals surface area contributed by atoms with Crippen LogP contribution in [-0.2, 0) is 9.59 Å². The van der Waals surface area contributed by atoms with Gasteiger partial charge in [0.15, 0.2) is 0 Å². The lowest BCUT2D eigenvalue weighted by atomic mass is 9.95. The zero-order valence-corrected chi connectivity index (χ0v) is 15.1. The first-order chi connectivity index (χ1) is 11.9. The number of hydrogen-bond acceptors (Lipinski definition) is 5. The molecule has 4 N–H and O–H groups in total. The Balaban J connectivity index is 1.55. The molecule has 0 bridgehead atoms. The zero-order valence-electron chi connectivity index (χ0n) is 14.3. The van der Waals surface area contributed by atoms with E-state index in [-0.39, 0.29) is 29.6 Å². The van der Waals surface area contributed by atoms with E-state index in [1.165, 1.54) is 23.9 Å². The largest absolute Gasteiger partial charge is 0.354 e. The molecule has 2 aliphatic rings. The van der Waals surface area contributed by atoms with Gasteiger partial charge in [0, 0.05) is 24.8 Å². The third kappa shape index (κ3) is 4.13. The molecule has 3 atom stereocenters. The van der Waals surface area contributed by atoms with Gasteiger partial charge in [0.2, 0.25) is 11.8 Å². The molecular formula is C17H23FN4O2S. The summed E-state index contributed by atoms with van der Waals surface area (Å²) in [4.78, 5) is 24.4. The van der Waals surface area contributed by atoms with E-state index in [1.807, 2.05) is 13.8 Å². The molecule has 8 heteroatoms. The van der Waals surface area contributed by atoms with Gasteiger partial charge in [0.25, 0.3) is 0 Å². The maximum absolute atomic E-state index is 13.1. The monoisotopic (exact) mass is 366 g/mol. The maximum atomic E-state index is 13.1. The molecule has 0 spiro atoms. The van der Waals surface area contributed by atoms with Gasteiger partial charge in [-0.1, -0.05) is 12.1 Å². The van der Waals surface area contributed by atoms with E-state index < -0.39 is 10.8 Å². The smallest absolute Gasteiger partial charge is 0.243 e. The number of rotatable bonds is 4. The molecule has 25 heavy (non-hydrogen) atoms. The molecule has 0 radical (unpaired) electrons. The predicted molar refractivity (Wildman–Crippen MR) is 95.2 cm³/mol. The standard InChI is InChI=1S/C17H23FN4O2S/c1-17(2)16(24)21-13(9-25-17)15(23)19-7-11-8-20-22-14(11)10-3-5-12(18)6-4-10/h3-6,11,13-14,20,22H,7-9H2,1-2H3,(H,19,23)(H,21,24). The zero-order chi connectivity index (χ0) is 18.0. The second-order valence-corrected chi connectivity index (χ2v) is 8.55. The lowest BCUT2D eigenvalue weighted by molar-refractivity contribution is -0.129. The Morgan fingerprint density at radius 1 is 1.36 bits per heavy atom. The fourth-order valence-corrected chi connectivity index (χ4v) is 3.99. The van der Waals surface area contributed by atoms with Crippen LogP contribution >= 0.6 is 11.8 Å². The van der Waals surface area contributed by atoms with E-state index >= 15 is 0 Å². The van der Waals surface area contributed by atoms with E-state index in [2.05, 4.69) is 21.5 Å². The number of benzene rings is 1. The molecule has 1 aromatic rings. The van der Waals surface area contributed by atoms with E-state index in [0.29, 0.717) is 18.8 Å². The highest BCUT2D eigenvalue weighted by Crippen LogP contribution is 2.29. The normalized spacial score (nSPS) is 28.4. The first-order valence-electron chi connectivity index (χ1n) is 8.33. The molecule has 3 unspecified atom stereocenters. The summed E-state index contributed by atoms with van der Waals surface area (Å²) in [6, 6.07) is 5.85. The van der Waals surface area contributed by atoms with Crippen molar-refractivity contribution in [1.29, 1.82) is 0 Å². The van der Waals surface area contributed by atoms with Gasteiger partial charge in [-0.15, -0.1) is 11.8 Å². The van der Waals surface area contributed by atoms with Gasteiger partial charge in [0.05, 0.1) is 10.8 Å². The fraction of sp³-hybridized carbons (Fsp3) is 0.529. The minimum absolute atomic E-state index is 0.00449.